The zero-order valence-electron chi connectivity index (χ0n) is 19.0. The highest BCUT2D eigenvalue weighted by Gasteiger charge is 2.14. The van der Waals surface area contributed by atoms with E-state index in [9.17, 15) is 9.59 Å². The van der Waals surface area contributed by atoms with Crippen molar-refractivity contribution in [2.45, 2.75) is 13.8 Å². The molecule has 0 bridgehead atoms. The van der Waals surface area contributed by atoms with Crippen LogP contribution < -0.4 is 21.3 Å². The van der Waals surface area contributed by atoms with Crippen LogP contribution in [0, 0.1) is 13.8 Å². The Hall–Kier alpha value is -4.24. The number of aromatic nitrogens is 2. The van der Waals surface area contributed by atoms with Gasteiger partial charge in [0.15, 0.2) is 0 Å². The Bertz CT molecular complexity index is 1320. The fraction of sp³-hybridized carbons (Fsp3) is 0.120. The topological polar surface area (TPSA) is 108 Å². The van der Waals surface area contributed by atoms with E-state index in [4.69, 9.17) is 0 Å². The number of nitrogens with one attached hydrogen (secondary N) is 4. The second-order valence-corrected chi connectivity index (χ2v) is 8.53. The first-order valence-electron chi connectivity index (χ1n) is 10.6. The number of nitrogens with zero attached hydrogens (tertiary/aromatic N) is 2. The van der Waals surface area contributed by atoms with Crippen LogP contribution in [0.4, 0.5) is 28.8 Å². The summed E-state index contributed by atoms with van der Waals surface area (Å²) >= 11 is 1.36. The standard InChI is InChI=1S/C25H24N6O2S/c1-15-4-6-17(7-5-15)23(32)28-18-8-10-19(11-9-18)29-25-27-14-16(2)22(31-25)30-20-12-13-34-21(20)24(33)26-3/h4-14H,1-3H3,(H,26,33)(H,28,32)(H2,27,29,30,31). The molecule has 8 nitrogen and oxygen atoms in total. The second-order valence-electron chi connectivity index (χ2n) is 7.62. The predicted molar refractivity (Wildman–Crippen MR) is 137 cm³/mol. The van der Waals surface area contributed by atoms with Crippen molar-refractivity contribution in [2.75, 3.05) is 23.0 Å². The predicted octanol–water partition coefficient (Wildman–Crippen LogP) is 5.25. The maximum Gasteiger partial charge on any atom is 0.263 e. The summed E-state index contributed by atoms with van der Waals surface area (Å²) in [5.41, 5.74) is 4.68. The zero-order valence-corrected chi connectivity index (χ0v) is 19.8. The van der Waals surface area contributed by atoms with E-state index in [0.717, 1.165) is 16.8 Å². The highest BCUT2D eigenvalue weighted by atomic mass is 32.1. The largest absolute Gasteiger partial charge is 0.354 e. The third-order valence-corrected chi connectivity index (χ3v) is 5.95. The lowest BCUT2D eigenvalue weighted by atomic mass is 10.1. The first-order chi connectivity index (χ1) is 16.4. The summed E-state index contributed by atoms with van der Waals surface area (Å²) in [4.78, 5) is 33.9. The molecule has 0 spiro atoms. The summed E-state index contributed by atoms with van der Waals surface area (Å²) in [5.74, 6) is 0.685. The second kappa shape index (κ2) is 10.1. The minimum absolute atomic E-state index is 0.155. The van der Waals surface area contributed by atoms with E-state index in [1.165, 1.54) is 11.3 Å². The number of benzene rings is 2. The van der Waals surface area contributed by atoms with E-state index in [1.807, 2.05) is 61.7 Å². The Morgan fingerprint density at radius 3 is 2.26 bits per heavy atom. The molecule has 0 aliphatic carbocycles. The highest BCUT2D eigenvalue weighted by Crippen LogP contribution is 2.27. The molecule has 0 atom stereocenters. The molecule has 0 unspecified atom stereocenters. The van der Waals surface area contributed by atoms with Gasteiger partial charge in [-0.3, -0.25) is 9.59 Å². The average molecular weight is 473 g/mol. The van der Waals surface area contributed by atoms with Gasteiger partial charge in [-0.05, 0) is 61.7 Å². The number of hydrogen-bond donors (Lipinski definition) is 4. The number of carbonyl (C=O) groups excluding carboxylic acids is 2. The van der Waals surface area contributed by atoms with Crippen LogP contribution >= 0.6 is 11.3 Å². The van der Waals surface area contributed by atoms with Crippen LogP contribution in [0.5, 0.6) is 0 Å². The molecule has 172 valence electrons. The summed E-state index contributed by atoms with van der Waals surface area (Å²) in [6, 6.07) is 16.5. The number of rotatable bonds is 7. The van der Waals surface area contributed by atoms with Gasteiger partial charge < -0.3 is 21.3 Å². The molecule has 2 amide bonds. The molecule has 0 aliphatic rings. The minimum atomic E-state index is -0.164. The van der Waals surface area contributed by atoms with Crippen LogP contribution in [-0.2, 0) is 0 Å². The van der Waals surface area contributed by atoms with Crippen molar-refractivity contribution in [2.24, 2.45) is 0 Å². The fourth-order valence-electron chi connectivity index (χ4n) is 3.13. The Balaban J connectivity index is 1.44. The molecule has 0 aliphatic heterocycles. The van der Waals surface area contributed by atoms with E-state index in [1.54, 1.807) is 25.4 Å². The van der Waals surface area contributed by atoms with Crippen molar-refractivity contribution in [3.05, 3.63) is 87.7 Å². The Labute approximate surface area is 201 Å². The third-order valence-electron chi connectivity index (χ3n) is 5.04. The molecule has 34 heavy (non-hydrogen) atoms. The van der Waals surface area contributed by atoms with E-state index in [0.29, 0.717) is 33.6 Å². The van der Waals surface area contributed by atoms with Crippen LogP contribution in [0.1, 0.15) is 31.2 Å². The van der Waals surface area contributed by atoms with Gasteiger partial charge >= 0.3 is 0 Å². The van der Waals surface area contributed by atoms with Crippen LogP contribution in [0.3, 0.4) is 0 Å². The van der Waals surface area contributed by atoms with E-state index < -0.39 is 0 Å². The molecule has 0 saturated heterocycles. The van der Waals surface area contributed by atoms with Crippen LogP contribution in [0.15, 0.2) is 66.2 Å². The number of anilines is 5. The Morgan fingerprint density at radius 2 is 1.56 bits per heavy atom. The van der Waals surface area contributed by atoms with Crippen molar-refractivity contribution in [3.8, 4) is 0 Å². The van der Waals surface area contributed by atoms with Gasteiger partial charge in [-0.1, -0.05) is 17.7 Å². The molecule has 0 fully saturated rings. The Kier molecular flexibility index (Phi) is 6.84. The summed E-state index contributed by atoms with van der Waals surface area (Å²) in [5, 5.41) is 13.8. The normalized spacial score (nSPS) is 10.4. The number of amides is 2. The molecule has 2 aromatic carbocycles. The molecule has 0 radical (unpaired) electrons. The molecule has 9 heteroatoms. The van der Waals surface area contributed by atoms with E-state index >= 15 is 0 Å². The molecule has 0 saturated carbocycles. The highest BCUT2D eigenvalue weighted by molar-refractivity contribution is 7.12. The molecule has 4 N–H and O–H groups in total. The molecular weight excluding hydrogens is 448 g/mol. The summed E-state index contributed by atoms with van der Waals surface area (Å²) < 4.78 is 0. The number of aryl methyl sites for hydroxylation is 2. The average Bonchev–Trinajstić information content (AvgIpc) is 3.30. The van der Waals surface area contributed by atoms with Gasteiger partial charge in [0, 0.05) is 35.7 Å². The lowest BCUT2D eigenvalue weighted by Gasteiger charge is -2.12. The lowest BCUT2D eigenvalue weighted by Crippen LogP contribution is -2.17. The SMILES string of the molecule is CNC(=O)c1sccc1Nc1nc(Nc2ccc(NC(=O)c3ccc(C)cc3)cc2)ncc1C. The van der Waals surface area contributed by atoms with Crippen molar-refractivity contribution >= 4 is 52.0 Å². The monoisotopic (exact) mass is 472 g/mol. The molecule has 4 aromatic rings. The third kappa shape index (κ3) is 5.38. The smallest absolute Gasteiger partial charge is 0.263 e. The van der Waals surface area contributed by atoms with Crippen LogP contribution in [-0.4, -0.2) is 28.8 Å². The maximum absolute atomic E-state index is 12.4. The van der Waals surface area contributed by atoms with Crippen molar-refractivity contribution in [1.29, 1.82) is 0 Å². The molecule has 4 rings (SSSR count). The van der Waals surface area contributed by atoms with Gasteiger partial charge in [0.25, 0.3) is 11.8 Å². The van der Waals surface area contributed by atoms with Gasteiger partial charge in [-0.15, -0.1) is 11.3 Å². The quantitative estimate of drug-likeness (QED) is 0.292. The van der Waals surface area contributed by atoms with Gasteiger partial charge in [0.2, 0.25) is 5.95 Å². The van der Waals surface area contributed by atoms with Crippen molar-refractivity contribution in [1.82, 2.24) is 15.3 Å². The zero-order chi connectivity index (χ0) is 24.1. The van der Waals surface area contributed by atoms with E-state index in [2.05, 4.69) is 31.2 Å². The van der Waals surface area contributed by atoms with Gasteiger partial charge in [0.1, 0.15) is 10.7 Å². The molecule has 2 aromatic heterocycles. The maximum atomic E-state index is 12.4. The summed E-state index contributed by atoms with van der Waals surface area (Å²) in [6.07, 6.45) is 1.71. The molecular formula is C25H24N6O2S. The van der Waals surface area contributed by atoms with Crippen LogP contribution in [0.2, 0.25) is 0 Å². The first-order valence-corrected chi connectivity index (χ1v) is 11.5. The number of thiophene rings is 1. The fourth-order valence-corrected chi connectivity index (χ4v) is 3.92. The number of hydrogen-bond acceptors (Lipinski definition) is 7. The van der Waals surface area contributed by atoms with Crippen LogP contribution in [0.25, 0.3) is 0 Å². The lowest BCUT2D eigenvalue weighted by molar-refractivity contribution is 0.0966. The number of carbonyl (C=O) groups is 2. The van der Waals surface area contributed by atoms with Gasteiger partial charge in [-0.25, -0.2) is 4.98 Å². The minimum Gasteiger partial charge on any atom is -0.354 e. The van der Waals surface area contributed by atoms with Gasteiger partial charge in [-0.2, -0.15) is 4.98 Å². The van der Waals surface area contributed by atoms with Crippen molar-refractivity contribution in [3.63, 3.8) is 0 Å². The Morgan fingerprint density at radius 1 is 0.853 bits per heavy atom. The summed E-state index contributed by atoms with van der Waals surface area (Å²) in [6.45, 7) is 3.87. The first kappa shape index (κ1) is 22.9. The summed E-state index contributed by atoms with van der Waals surface area (Å²) in [7, 11) is 1.60. The van der Waals surface area contributed by atoms with E-state index in [-0.39, 0.29) is 11.8 Å². The molecule has 2 heterocycles. The van der Waals surface area contributed by atoms with Gasteiger partial charge in [0.05, 0.1) is 5.69 Å². The van der Waals surface area contributed by atoms with Crippen molar-refractivity contribution < 1.29 is 9.59 Å².